The zero-order chi connectivity index (χ0) is 16.9. The Balaban J connectivity index is 1.46. The number of hydrogen-bond acceptors (Lipinski definition) is 4. The van der Waals surface area contributed by atoms with Gasteiger partial charge in [0.2, 0.25) is 0 Å². The number of halogens is 2. The van der Waals surface area contributed by atoms with Crippen LogP contribution in [0.2, 0.25) is 0 Å². The average molecular weight is 333 g/mol. The largest absolute Gasteiger partial charge is 0.491 e. The molecule has 1 aromatic heterocycles. The number of aliphatic hydroxyl groups excluding tert-OH is 1. The SMILES string of the molecule is OC(CNCc1cccc2cn[nH]c12)COc1ccc(F)c(F)c1. The highest BCUT2D eigenvalue weighted by Gasteiger charge is 2.08. The van der Waals surface area contributed by atoms with E-state index in [2.05, 4.69) is 15.5 Å². The molecule has 1 heterocycles. The molecule has 24 heavy (non-hydrogen) atoms. The first-order chi connectivity index (χ1) is 11.6. The zero-order valence-electron chi connectivity index (χ0n) is 12.8. The molecule has 1 atom stereocenters. The predicted molar refractivity (Wildman–Crippen MR) is 85.7 cm³/mol. The monoisotopic (exact) mass is 333 g/mol. The van der Waals surface area contributed by atoms with Crippen molar-refractivity contribution in [2.24, 2.45) is 0 Å². The Labute approximate surface area is 137 Å². The Hall–Kier alpha value is -2.51. The second-order valence-corrected chi connectivity index (χ2v) is 5.42. The van der Waals surface area contributed by atoms with Crippen LogP contribution in [0.25, 0.3) is 10.9 Å². The van der Waals surface area contributed by atoms with Gasteiger partial charge in [0.25, 0.3) is 0 Å². The minimum atomic E-state index is -0.979. The van der Waals surface area contributed by atoms with Crippen LogP contribution in [0.3, 0.4) is 0 Å². The second kappa shape index (κ2) is 7.37. The van der Waals surface area contributed by atoms with Gasteiger partial charge in [-0.2, -0.15) is 5.10 Å². The van der Waals surface area contributed by atoms with Gasteiger partial charge in [0.15, 0.2) is 11.6 Å². The van der Waals surface area contributed by atoms with Crippen LogP contribution in [0.5, 0.6) is 5.75 Å². The van der Waals surface area contributed by atoms with Crippen molar-refractivity contribution in [2.45, 2.75) is 12.6 Å². The lowest BCUT2D eigenvalue weighted by atomic mass is 10.1. The third kappa shape index (κ3) is 3.87. The highest BCUT2D eigenvalue weighted by Crippen LogP contribution is 2.16. The van der Waals surface area contributed by atoms with Crippen LogP contribution in [0.4, 0.5) is 8.78 Å². The van der Waals surface area contributed by atoms with E-state index < -0.39 is 17.7 Å². The molecule has 5 nitrogen and oxygen atoms in total. The summed E-state index contributed by atoms with van der Waals surface area (Å²) in [7, 11) is 0. The number of nitrogens with zero attached hydrogens (tertiary/aromatic N) is 1. The fraction of sp³-hybridized carbons (Fsp3) is 0.235. The molecule has 3 rings (SSSR count). The molecule has 0 bridgehead atoms. The van der Waals surface area contributed by atoms with E-state index in [1.54, 1.807) is 6.20 Å². The van der Waals surface area contributed by atoms with Crippen molar-refractivity contribution >= 4 is 10.9 Å². The van der Waals surface area contributed by atoms with E-state index in [0.29, 0.717) is 13.1 Å². The van der Waals surface area contributed by atoms with Crippen LogP contribution in [-0.4, -0.2) is 34.6 Å². The molecule has 0 saturated carbocycles. The van der Waals surface area contributed by atoms with Gasteiger partial charge in [-0.25, -0.2) is 8.78 Å². The molecular formula is C17H17F2N3O2. The van der Waals surface area contributed by atoms with Crippen molar-refractivity contribution in [1.82, 2.24) is 15.5 Å². The number of fused-ring (bicyclic) bond motifs is 1. The molecule has 3 N–H and O–H groups in total. The van der Waals surface area contributed by atoms with Crippen LogP contribution >= 0.6 is 0 Å². The van der Waals surface area contributed by atoms with Gasteiger partial charge < -0.3 is 15.2 Å². The van der Waals surface area contributed by atoms with Crippen molar-refractivity contribution in [2.75, 3.05) is 13.2 Å². The molecule has 0 fully saturated rings. The highest BCUT2D eigenvalue weighted by molar-refractivity contribution is 5.81. The standard InChI is InChI=1S/C17H17F2N3O2/c18-15-5-4-14(6-16(15)19)24-10-13(23)9-20-7-11-2-1-3-12-8-21-22-17(11)12/h1-6,8,13,20,23H,7,9-10H2,(H,21,22). The third-order valence-corrected chi connectivity index (χ3v) is 3.59. The molecule has 3 aromatic rings. The van der Waals surface area contributed by atoms with Gasteiger partial charge in [-0.05, 0) is 17.7 Å². The van der Waals surface area contributed by atoms with Gasteiger partial charge in [-0.15, -0.1) is 0 Å². The Morgan fingerprint density at radius 1 is 1.21 bits per heavy atom. The van der Waals surface area contributed by atoms with Crippen molar-refractivity contribution in [1.29, 1.82) is 0 Å². The van der Waals surface area contributed by atoms with Crippen molar-refractivity contribution in [3.8, 4) is 5.75 Å². The van der Waals surface area contributed by atoms with Gasteiger partial charge in [-0.3, -0.25) is 5.10 Å². The smallest absolute Gasteiger partial charge is 0.162 e. The summed E-state index contributed by atoms with van der Waals surface area (Å²) in [5.74, 6) is -1.74. The van der Waals surface area contributed by atoms with Gasteiger partial charge in [0.05, 0.1) is 11.7 Å². The average Bonchev–Trinajstić information content (AvgIpc) is 3.05. The van der Waals surface area contributed by atoms with Gasteiger partial charge >= 0.3 is 0 Å². The minimum absolute atomic E-state index is 0.0215. The summed E-state index contributed by atoms with van der Waals surface area (Å²) in [5, 5.41) is 21.0. The topological polar surface area (TPSA) is 70.2 Å². The minimum Gasteiger partial charge on any atom is -0.491 e. The highest BCUT2D eigenvalue weighted by atomic mass is 19.2. The summed E-state index contributed by atoms with van der Waals surface area (Å²) in [6.07, 6.45) is 0.975. The molecule has 1 unspecified atom stereocenters. The van der Waals surface area contributed by atoms with Crippen molar-refractivity contribution < 1.29 is 18.6 Å². The summed E-state index contributed by atoms with van der Waals surface area (Å²) < 4.78 is 31.1. The molecule has 0 amide bonds. The molecule has 0 aliphatic rings. The van der Waals surface area contributed by atoms with Crippen LogP contribution < -0.4 is 10.1 Å². The van der Waals surface area contributed by atoms with E-state index in [4.69, 9.17) is 4.74 Å². The van der Waals surface area contributed by atoms with Gasteiger partial charge in [0, 0.05) is 24.5 Å². The summed E-state index contributed by atoms with van der Waals surface area (Å²) >= 11 is 0. The summed E-state index contributed by atoms with van der Waals surface area (Å²) in [5.41, 5.74) is 2.00. The van der Waals surface area contributed by atoms with E-state index in [1.807, 2.05) is 18.2 Å². The Morgan fingerprint density at radius 2 is 2.08 bits per heavy atom. The number of hydrogen-bond donors (Lipinski definition) is 3. The molecule has 0 aliphatic carbocycles. The van der Waals surface area contributed by atoms with Crippen LogP contribution in [-0.2, 0) is 6.54 Å². The number of rotatable bonds is 7. The van der Waals surface area contributed by atoms with E-state index in [-0.39, 0.29) is 12.4 Å². The van der Waals surface area contributed by atoms with E-state index in [0.717, 1.165) is 28.6 Å². The third-order valence-electron chi connectivity index (χ3n) is 3.59. The number of aliphatic hydroxyl groups is 1. The zero-order valence-corrected chi connectivity index (χ0v) is 12.8. The van der Waals surface area contributed by atoms with E-state index >= 15 is 0 Å². The van der Waals surface area contributed by atoms with Gasteiger partial charge in [-0.1, -0.05) is 18.2 Å². The number of aromatic nitrogens is 2. The first-order valence-corrected chi connectivity index (χ1v) is 7.51. The fourth-order valence-electron chi connectivity index (χ4n) is 2.37. The maximum atomic E-state index is 13.1. The fourth-order valence-corrected chi connectivity index (χ4v) is 2.37. The molecule has 0 radical (unpaired) electrons. The Morgan fingerprint density at radius 3 is 2.92 bits per heavy atom. The van der Waals surface area contributed by atoms with E-state index in [1.165, 1.54) is 6.07 Å². The van der Waals surface area contributed by atoms with Crippen LogP contribution in [0, 0.1) is 11.6 Å². The number of para-hydroxylation sites is 1. The summed E-state index contributed by atoms with van der Waals surface area (Å²) in [6, 6.07) is 9.13. The Bertz CT molecular complexity index is 822. The molecule has 126 valence electrons. The number of H-pyrrole nitrogens is 1. The lowest BCUT2D eigenvalue weighted by molar-refractivity contribution is 0.106. The normalized spacial score (nSPS) is 12.5. The first-order valence-electron chi connectivity index (χ1n) is 7.51. The number of aromatic amines is 1. The van der Waals surface area contributed by atoms with Crippen LogP contribution in [0.15, 0.2) is 42.6 Å². The van der Waals surface area contributed by atoms with Crippen LogP contribution in [0.1, 0.15) is 5.56 Å². The molecule has 0 aliphatic heterocycles. The van der Waals surface area contributed by atoms with E-state index in [9.17, 15) is 13.9 Å². The molecule has 7 heteroatoms. The molecule has 0 spiro atoms. The van der Waals surface area contributed by atoms with Gasteiger partial charge in [0.1, 0.15) is 18.5 Å². The lowest BCUT2D eigenvalue weighted by Crippen LogP contribution is -2.31. The lowest BCUT2D eigenvalue weighted by Gasteiger charge is -2.13. The first kappa shape index (κ1) is 16.4. The molecular weight excluding hydrogens is 316 g/mol. The maximum absolute atomic E-state index is 13.1. The number of benzene rings is 2. The maximum Gasteiger partial charge on any atom is 0.162 e. The predicted octanol–water partition coefficient (Wildman–Crippen LogP) is 2.37. The summed E-state index contributed by atoms with van der Waals surface area (Å²) in [4.78, 5) is 0. The van der Waals surface area contributed by atoms with Crippen molar-refractivity contribution in [3.63, 3.8) is 0 Å². The summed E-state index contributed by atoms with van der Waals surface area (Å²) in [6.45, 7) is 0.836. The number of ether oxygens (including phenoxy) is 1. The molecule has 0 saturated heterocycles. The Kier molecular flexibility index (Phi) is 5.02. The van der Waals surface area contributed by atoms with Crippen molar-refractivity contribution in [3.05, 3.63) is 59.8 Å². The second-order valence-electron chi connectivity index (χ2n) is 5.42. The molecule has 2 aromatic carbocycles. The number of nitrogens with one attached hydrogen (secondary N) is 2. The quantitative estimate of drug-likeness (QED) is 0.621.